The zero-order valence-electron chi connectivity index (χ0n) is 11.4. The number of fused-ring (bicyclic) bond motifs is 1. The van der Waals surface area contributed by atoms with Crippen LogP contribution in [0, 0.1) is 0 Å². The summed E-state index contributed by atoms with van der Waals surface area (Å²) < 4.78 is 6.80. The van der Waals surface area contributed by atoms with E-state index in [4.69, 9.17) is 9.84 Å². The molecule has 0 fully saturated rings. The Hall–Kier alpha value is -2.89. The number of nitrogens with zero attached hydrogens (tertiary/aromatic N) is 3. The summed E-state index contributed by atoms with van der Waals surface area (Å²) in [5.74, 6) is -0.224. The number of ether oxygens (including phenoxy) is 1. The van der Waals surface area contributed by atoms with Gasteiger partial charge in [-0.2, -0.15) is 5.10 Å². The number of aliphatic carboxylic acids is 1. The van der Waals surface area contributed by atoms with E-state index in [1.165, 1.54) is 0 Å². The SMILES string of the molecule is COc1cccc(-c2nn3cccnc3c2CC(=O)O)c1. The van der Waals surface area contributed by atoms with Gasteiger partial charge in [0.2, 0.25) is 0 Å². The van der Waals surface area contributed by atoms with Crippen LogP contribution >= 0.6 is 0 Å². The molecule has 6 nitrogen and oxygen atoms in total. The predicted octanol–water partition coefficient (Wildman–Crippen LogP) is 2.03. The summed E-state index contributed by atoms with van der Waals surface area (Å²) in [6, 6.07) is 9.12. The van der Waals surface area contributed by atoms with Crippen LogP contribution in [0.4, 0.5) is 0 Å². The molecule has 3 rings (SSSR count). The van der Waals surface area contributed by atoms with Gasteiger partial charge in [0, 0.05) is 23.5 Å². The van der Waals surface area contributed by atoms with E-state index in [0.29, 0.717) is 22.7 Å². The second-order valence-corrected chi connectivity index (χ2v) is 4.52. The molecule has 1 N–H and O–H groups in total. The second kappa shape index (κ2) is 5.24. The summed E-state index contributed by atoms with van der Waals surface area (Å²) in [6.45, 7) is 0. The largest absolute Gasteiger partial charge is 0.497 e. The van der Waals surface area contributed by atoms with Gasteiger partial charge in [0.25, 0.3) is 0 Å². The second-order valence-electron chi connectivity index (χ2n) is 4.52. The molecule has 6 heteroatoms. The van der Waals surface area contributed by atoms with Crippen molar-refractivity contribution >= 4 is 11.6 Å². The molecule has 0 saturated heterocycles. The van der Waals surface area contributed by atoms with Gasteiger partial charge in [-0.05, 0) is 18.2 Å². The Morgan fingerprint density at radius 3 is 3.00 bits per heavy atom. The molecule has 0 saturated carbocycles. The molecule has 106 valence electrons. The van der Waals surface area contributed by atoms with E-state index >= 15 is 0 Å². The number of aromatic nitrogens is 3. The fourth-order valence-electron chi connectivity index (χ4n) is 2.25. The number of benzene rings is 1. The number of hydrogen-bond acceptors (Lipinski definition) is 4. The van der Waals surface area contributed by atoms with Crippen LogP contribution in [0.25, 0.3) is 16.9 Å². The van der Waals surface area contributed by atoms with Crippen molar-refractivity contribution in [1.82, 2.24) is 14.6 Å². The third kappa shape index (κ3) is 2.43. The van der Waals surface area contributed by atoms with Crippen molar-refractivity contribution in [3.8, 4) is 17.0 Å². The van der Waals surface area contributed by atoms with Crippen molar-refractivity contribution in [2.45, 2.75) is 6.42 Å². The molecule has 3 aromatic rings. The number of methoxy groups -OCH3 is 1. The van der Waals surface area contributed by atoms with Gasteiger partial charge >= 0.3 is 5.97 Å². The maximum Gasteiger partial charge on any atom is 0.308 e. The van der Waals surface area contributed by atoms with Crippen molar-refractivity contribution in [3.63, 3.8) is 0 Å². The van der Waals surface area contributed by atoms with E-state index in [2.05, 4.69) is 10.1 Å². The lowest BCUT2D eigenvalue weighted by Gasteiger charge is -2.03. The standard InChI is InChI=1S/C15H13N3O3/c1-21-11-5-2-4-10(8-11)14-12(9-13(19)20)15-16-6-3-7-18(15)17-14/h2-8H,9H2,1H3,(H,19,20). The Morgan fingerprint density at radius 1 is 1.38 bits per heavy atom. The Labute approximate surface area is 120 Å². The quantitative estimate of drug-likeness (QED) is 0.792. The average Bonchev–Trinajstić information content (AvgIpc) is 2.86. The van der Waals surface area contributed by atoms with Gasteiger partial charge in [0.15, 0.2) is 5.65 Å². The van der Waals surface area contributed by atoms with Crippen molar-refractivity contribution in [3.05, 3.63) is 48.3 Å². The van der Waals surface area contributed by atoms with Crippen LogP contribution in [0.2, 0.25) is 0 Å². The molecule has 0 unspecified atom stereocenters. The van der Waals surface area contributed by atoms with Gasteiger partial charge in [0.05, 0.1) is 19.2 Å². The maximum atomic E-state index is 11.1. The summed E-state index contributed by atoms with van der Waals surface area (Å²) in [7, 11) is 1.59. The van der Waals surface area contributed by atoms with Crippen LogP contribution in [-0.2, 0) is 11.2 Å². The molecule has 0 amide bonds. The van der Waals surface area contributed by atoms with Gasteiger partial charge in [-0.3, -0.25) is 4.79 Å². The van der Waals surface area contributed by atoms with E-state index in [0.717, 1.165) is 5.56 Å². The van der Waals surface area contributed by atoms with Crippen molar-refractivity contribution < 1.29 is 14.6 Å². The molecular weight excluding hydrogens is 270 g/mol. The van der Waals surface area contributed by atoms with Crippen LogP contribution in [0.1, 0.15) is 5.56 Å². The minimum Gasteiger partial charge on any atom is -0.497 e. The highest BCUT2D eigenvalue weighted by Gasteiger charge is 2.18. The van der Waals surface area contributed by atoms with Crippen LogP contribution in [0.3, 0.4) is 0 Å². The number of carboxylic acid groups (broad SMARTS) is 1. The Bertz CT molecular complexity index is 811. The lowest BCUT2D eigenvalue weighted by Crippen LogP contribution is -2.01. The number of carbonyl (C=O) groups is 1. The maximum absolute atomic E-state index is 11.1. The molecule has 0 aliphatic rings. The fraction of sp³-hybridized carbons (Fsp3) is 0.133. The highest BCUT2D eigenvalue weighted by atomic mass is 16.5. The van der Waals surface area contributed by atoms with Gasteiger partial charge in [0.1, 0.15) is 5.75 Å². The number of carboxylic acids is 1. The molecule has 0 bridgehead atoms. The van der Waals surface area contributed by atoms with E-state index in [1.807, 2.05) is 24.3 Å². The first kappa shape index (κ1) is 13.1. The minimum atomic E-state index is -0.917. The average molecular weight is 283 g/mol. The van der Waals surface area contributed by atoms with E-state index in [9.17, 15) is 4.79 Å². The van der Waals surface area contributed by atoms with Gasteiger partial charge in [-0.25, -0.2) is 9.50 Å². The molecule has 0 aliphatic carbocycles. The highest BCUT2D eigenvalue weighted by molar-refractivity contribution is 5.80. The van der Waals surface area contributed by atoms with Gasteiger partial charge < -0.3 is 9.84 Å². The third-order valence-corrected chi connectivity index (χ3v) is 3.16. The summed E-state index contributed by atoms with van der Waals surface area (Å²) in [6.07, 6.45) is 3.24. The molecule has 21 heavy (non-hydrogen) atoms. The summed E-state index contributed by atoms with van der Waals surface area (Å²) in [5, 5.41) is 13.6. The lowest BCUT2D eigenvalue weighted by molar-refractivity contribution is -0.136. The molecule has 0 spiro atoms. The van der Waals surface area contributed by atoms with Crippen molar-refractivity contribution in [2.75, 3.05) is 7.11 Å². The van der Waals surface area contributed by atoms with Crippen molar-refractivity contribution in [1.29, 1.82) is 0 Å². The zero-order valence-corrected chi connectivity index (χ0v) is 11.4. The van der Waals surface area contributed by atoms with Crippen LogP contribution in [0.15, 0.2) is 42.7 Å². The first-order chi connectivity index (χ1) is 10.2. The fourth-order valence-corrected chi connectivity index (χ4v) is 2.25. The molecule has 1 aromatic carbocycles. The summed E-state index contributed by atoms with van der Waals surface area (Å²) in [5.41, 5.74) is 2.56. The zero-order chi connectivity index (χ0) is 14.8. The van der Waals surface area contributed by atoms with Gasteiger partial charge in [-0.1, -0.05) is 12.1 Å². The minimum absolute atomic E-state index is 0.132. The van der Waals surface area contributed by atoms with Crippen LogP contribution in [-0.4, -0.2) is 32.8 Å². The van der Waals surface area contributed by atoms with Gasteiger partial charge in [-0.15, -0.1) is 0 Å². The van der Waals surface area contributed by atoms with Crippen molar-refractivity contribution in [2.24, 2.45) is 0 Å². The third-order valence-electron chi connectivity index (χ3n) is 3.16. The number of hydrogen-bond donors (Lipinski definition) is 1. The van der Waals surface area contributed by atoms with Crippen LogP contribution < -0.4 is 4.74 Å². The highest BCUT2D eigenvalue weighted by Crippen LogP contribution is 2.28. The first-order valence-corrected chi connectivity index (χ1v) is 6.37. The monoisotopic (exact) mass is 283 g/mol. The van der Waals surface area contributed by atoms with E-state index in [1.54, 1.807) is 30.1 Å². The summed E-state index contributed by atoms with van der Waals surface area (Å²) >= 11 is 0. The Morgan fingerprint density at radius 2 is 2.24 bits per heavy atom. The lowest BCUT2D eigenvalue weighted by atomic mass is 10.1. The molecule has 2 aromatic heterocycles. The topological polar surface area (TPSA) is 76.7 Å². The molecule has 0 radical (unpaired) electrons. The first-order valence-electron chi connectivity index (χ1n) is 6.37. The molecular formula is C15H13N3O3. The predicted molar refractivity (Wildman–Crippen MR) is 76.3 cm³/mol. The Kier molecular flexibility index (Phi) is 3.27. The molecule has 0 aliphatic heterocycles. The van der Waals surface area contributed by atoms with E-state index < -0.39 is 5.97 Å². The molecule has 2 heterocycles. The smallest absolute Gasteiger partial charge is 0.308 e. The van der Waals surface area contributed by atoms with E-state index in [-0.39, 0.29) is 6.42 Å². The molecule has 0 atom stereocenters. The Balaban J connectivity index is 2.22. The summed E-state index contributed by atoms with van der Waals surface area (Å²) in [4.78, 5) is 15.4. The normalized spacial score (nSPS) is 10.7. The number of rotatable bonds is 4. The van der Waals surface area contributed by atoms with Crippen LogP contribution in [0.5, 0.6) is 5.75 Å².